The quantitative estimate of drug-likeness (QED) is 0.461. The molecule has 0 aromatic carbocycles. The van der Waals surface area contributed by atoms with Gasteiger partial charge in [0, 0.05) is 6.04 Å². The van der Waals surface area contributed by atoms with E-state index in [0.29, 0.717) is 6.04 Å². The van der Waals surface area contributed by atoms with E-state index >= 15 is 0 Å². The average Bonchev–Trinajstić information content (AvgIpc) is 2.16. The van der Waals surface area contributed by atoms with Crippen molar-refractivity contribution in [3.8, 4) is 0 Å². The first-order valence-electron chi connectivity index (χ1n) is 5.98. The first-order valence-corrected chi connectivity index (χ1v) is 5.98. The molecule has 1 N–H and O–H groups in total. The van der Waals surface area contributed by atoms with Crippen LogP contribution in [0.25, 0.3) is 0 Å². The molecule has 0 fully saturated rings. The van der Waals surface area contributed by atoms with Crippen molar-refractivity contribution in [2.45, 2.75) is 71.3 Å². The highest BCUT2D eigenvalue weighted by molar-refractivity contribution is 5.75. The van der Waals surface area contributed by atoms with Crippen LogP contribution in [0, 0.1) is 0 Å². The third-order valence-electron chi connectivity index (χ3n) is 2.73. The van der Waals surface area contributed by atoms with Crippen LogP contribution in [0.1, 0.15) is 65.2 Å². The van der Waals surface area contributed by atoms with Crippen molar-refractivity contribution in [1.82, 2.24) is 5.32 Å². The van der Waals surface area contributed by atoms with Gasteiger partial charge in [0.1, 0.15) is 0 Å². The molecule has 0 heterocycles. The molecule has 0 rings (SSSR count). The Kier molecular flexibility index (Phi) is 15.6. The van der Waals surface area contributed by atoms with Crippen molar-refractivity contribution in [2.24, 2.45) is 0 Å². The zero-order chi connectivity index (χ0) is 9.94. The van der Waals surface area contributed by atoms with Crippen LogP contribution in [0.15, 0.2) is 0 Å². The highest BCUT2D eigenvalue weighted by atomic mass is 28.1. The molecule has 0 saturated carbocycles. The van der Waals surface area contributed by atoms with E-state index in [1.54, 1.807) is 0 Å². The molecule has 2 heteroatoms. The maximum absolute atomic E-state index is 3.28. The number of nitrogens with one attached hydrogen (secondary N) is 1. The van der Waals surface area contributed by atoms with Crippen LogP contribution in [0.2, 0.25) is 0 Å². The second-order valence-electron chi connectivity index (χ2n) is 4.10. The molecular weight excluding hydrogens is 186 g/mol. The van der Waals surface area contributed by atoms with Gasteiger partial charge in [-0.05, 0) is 31.4 Å². The van der Waals surface area contributed by atoms with Gasteiger partial charge in [0.05, 0.1) is 0 Å². The van der Waals surface area contributed by atoms with Crippen LogP contribution in [-0.4, -0.2) is 24.1 Å². The van der Waals surface area contributed by atoms with E-state index in [1.165, 1.54) is 51.4 Å². The smallest absolute Gasteiger partial charge is 0.00357 e. The Morgan fingerprint density at radius 1 is 0.929 bits per heavy atom. The van der Waals surface area contributed by atoms with Gasteiger partial charge in [-0.3, -0.25) is 0 Å². The molecule has 0 aliphatic heterocycles. The highest BCUT2D eigenvalue weighted by Gasteiger charge is 1.96. The van der Waals surface area contributed by atoms with Gasteiger partial charge in [-0.15, -0.1) is 0 Å². The van der Waals surface area contributed by atoms with Crippen molar-refractivity contribution < 1.29 is 0 Å². The molecule has 0 saturated heterocycles. The lowest BCUT2D eigenvalue weighted by Crippen LogP contribution is -2.20. The molecule has 14 heavy (non-hydrogen) atoms. The first-order chi connectivity index (χ1) is 6.31. The Balaban J connectivity index is 0. The topological polar surface area (TPSA) is 12.0 Å². The lowest BCUT2D eigenvalue weighted by Gasteiger charge is -2.08. The van der Waals surface area contributed by atoms with Crippen LogP contribution < -0.4 is 5.32 Å². The van der Waals surface area contributed by atoms with E-state index in [2.05, 4.69) is 19.2 Å². The van der Waals surface area contributed by atoms with Crippen LogP contribution in [0.3, 0.4) is 0 Å². The van der Waals surface area contributed by atoms with Gasteiger partial charge in [-0.2, -0.15) is 0 Å². The molecule has 1 atom stereocenters. The predicted molar refractivity (Wildman–Crippen MR) is 72.5 cm³/mol. The van der Waals surface area contributed by atoms with Crippen molar-refractivity contribution in [3.63, 3.8) is 0 Å². The number of hydrogen-bond acceptors (Lipinski definition) is 1. The Morgan fingerprint density at radius 3 is 1.93 bits per heavy atom. The molecule has 0 bridgehead atoms. The summed E-state index contributed by atoms with van der Waals surface area (Å²) in [7, 11) is 2.05. The maximum Gasteiger partial charge on any atom is 0.00357 e. The molecule has 0 aromatic heterocycles. The molecule has 0 aromatic rings. The van der Waals surface area contributed by atoms with Crippen molar-refractivity contribution in [2.75, 3.05) is 7.05 Å². The largest absolute Gasteiger partial charge is 0.317 e. The van der Waals surface area contributed by atoms with E-state index in [-0.39, 0.29) is 11.0 Å². The summed E-state index contributed by atoms with van der Waals surface area (Å²) in [6.07, 6.45) is 11.3. The molecule has 1 unspecified atom stereocenters. The molecule has 88 valence electrons. The van der Waals surface area contributed by atoms with Crippen LogP contribution in [0.4, 0.5) is 0 Å². The van der Waals surface area contributed by atoms with Gasteiger partial charge in [-0.25, -0.2) is 0 Å². The molecular formula is C12H31NSi. The lowest BCUT2D eigenvalue weighted by atomic mass is 10.1. The van der Waals surface area contributed by atoms with Gasteiger partial charge >= 0.3 is 0 Å². The molecule has 1 nitrogen and oxygen atoms in total. The Hall–Kier alpha value is 0.177. The monoisotopic (exact) mass is 217 g/mol. The van der Waals surface area contributed by atoms with E-state index < -0.39 is 0 Å². The summed E-state index contributed by atoms with van der Waals surface area (Å²) < 4.78 is 0. The molecule has 0 amide bonds. The summed E-state index contributed by atoms with van der Waals surface area (Å²) in [6.45, 7) is 4.53. The average molecular weight is 217 g/mol. The minimum atomic E-state index is 0. The fourth-order valence-corrected chi connectivity index (χ4v) is 1.55. The van der Waals surface area contributed by atoms with E-state index in [9.17, 15) is 0 Å². The molecule has 0 aliphatic carbocycles. The van der Waals surface area contributed by atoms with Gasteiger partial charge in [0.2, 0.25) is 0 Å². The van der Waals surface area contributed by atoms with Crippen LogP contribution >= 0.6 is 0 Å². The summed E-state index contributed by atoms with van der Waals surface area (Å²) in [5.41, 5.74) is 0. The third kappa shape index (κ3) is 12.2. The fourth-order valence-electron chi connectivity index (χ4n) is 1.55. The van der Waals surface area contributed by atoms with Gasteiger partial charge < -0.3 is 5.32 Å². The standard InChI is InChI=1S/C12H27N.H4Si/c1-4-5-6-7-8-9-10-11-12(2)13-3;/h12-13H,4-11H2,1-3H3;1H4. The van der Waals surface area contributed by atoms with E-state index in [0.717, 1.165) is 0 Å². The number of unbranched alkanes of at least 4 members (excludes halogenated alkanes) is 6. The second kappa shape index (κ2) is 13.2. The Morgan fingerprint density at radius 2 is 1.43 bits per heavy atom. The minimum Gasteiger partial charge on any atom is -0.317 e. The van der Waals surface area contributed by atoms with Gasteiger partial charge in [0.25, 0.3) is 0 Å². The van der Waals surface area contributed by atoms with Crippen LogP contribution in [0.5, 0.6) is 0 Å². The first kappa shape index (κ1) is 16.6. The Bertz CT molecular complexity index is 96.3. The van der Waals surface area contributed by atoms with Crippen molar-refractivity contribution >= 4 is 11.0 Å². The van der Waals surface area contributed by atoms with Crippen LogP contribution in [-0.2, 0) is 0 Å². The minimum absolute atomic E-state index is 0. The molecule has 0 radical (unpaired) electrons. The molecule has 0 spiro atoms. The SMILES string of the molecule is CCCCCCCCCC(C)NC.[SiH4]. The summed E-state index contributed by atoms with van der Waals surface area (Å²) >= 11 is 0. The Labute approximate surface area is 95.1 Å². The second-order valence-corrected chi connectivity index (χ2v) is 4.10. The highest BCUT2D eigenvalue weighted by Crippen LogP contribution is 2.09. The molecule has 0 aliphatic rings. The fraction of sp³-hybridized carbons (Fsp3) is 1.00. The summed E-state index contributed by atoms with van der Waals surface area (Å²) in [5.74, 6) is 0. The third-order valence-corrected chi connectivity index (χ3v) is 2.73. The van der Waals surface area contributed by atoms with E-state index in [4.69, 9.17) is 0 Å². The maximum atomic E-state index is 3.28. The lowest BCUT2D eigenvalue weighted by molar-refractivity contribution is 0.506. The predicted octanol–water partition coefficient (Wildman–Crippen LogP) is 2.28. The normalized spacial score (nSPS) is 12.2. The summed E-state index contributed by atoms with van der Waals surface area (Å²) in [6, 6.07) is 0.704. The number of rotatable bonds is 9. The van der Waals surface area contributed by atoms with Crippen molar-refractivity contribution in [1.29, 1.82) is 0 Å². The van der Waals surface area contributed by atoms with Gasteiger partial charge in [-0.1, -0.05) is 51.9 Å². The number of hydrogen-bond donors (Lipinski definition) is 1. The van der Waals surface area contributed by atoms with Gasteiger partial charge in [0.15, 0.2) is 0 Å². The van der Waals surface area contributed by atoms with Crippen molar-refractivity contribution in [3.05, 3.63) is 0 Å². The summed E-state index contributed by atoms with van der Waals surface area (Å²) in [4.78, 5) is 0. The summed E-state index contributed by atoms with van der Waals surface area (Å²) in [5, 5.41) is 3.28. The zero-order valence-corrected chi connectivity index (χ0v) is 9.73. The van der Waals surface area contributed by atoms with E-state index in [1.807, 2.05) is 7.05 Å². The zero-order valence-electron chi connectivity index (χ0n) is 9.73.